The smallest absolute Gasteiger partial charge is 0.271 e. The lowest BCUT2D eigenvalue weighted by Crippen LogP contribution is -2.05. The number of anilines is 1. The van der Waals surface area contributed by atoms with Crippen molar-refractivity contribution < 1.29 is 9.66 Å². The summed E-state index contributed by atoms with van der Waals surface area (Å²) in [5, 5.41) is 14.8. The molecule has 0 saturated heterocycles. The fraction of sp³-hybridized carbons (Fsp3) is 0.188. The minimum absolute atomic E-state index is 0.0209. The molecular weight excluding hydrogens is 282 g/mol. The highest BCUT2D eigenvalue weighted by Crippen LogP contribution is 2.17. The Morgan fingerprint density at radius 1 is 1.23 bits per heavy atom. The first-order valence-corrected chi connectivity index (χ1v) is 6.85. The van der Waals surface area contributed by atoms with Crippen molar-refractivity contribution in [3.8, 4) is 5.75 Å². The molecular formula is C16H17N3O3. The quantitative estimate of drug-likeness (QED) is 0.499. The molecule has 0 atom stereocenters. The maximum absolute atomic E-state index is 10.7. The average Bonchev–Trinajstić information content (AvgIpc) is 2.47. The number of nitrogens with zero attached hydrogens (tertiary/aromatic N) is 2. The van der Waals surface area contributed by atoms with Crippen LogP contribution in [-0.4, -0.2) is 17.2 Å². The number of nitro groups is 1. The van der Waals surface area contributed by atoms with E-state index < -0.39 is 4.92 Å². The van der Waals surface area contributed by atoms with E-state index in [0.29, 0.717) is 5.69 Å². The van der Waals surface area contributed by atoms with Crippen molar-refractivity contribution in [3.05, 3.63) is 64.2 Å². The SMILES string of the molecule is CC(C)Oc1cccc(C=NNc2cccc([N+](=O)[O-])c2)c1. The number of nitrogens with one attached hydrogen (secondary N) is 1. The van der Waals surface area contributed by atoms with Crippen LogP contribution in [0.15, 0.2) is 53.6 Å². The highest BCUT2D eigenvalue weighted by Gasteiger charge is 2.04. The Balaban J connectivity index is 2.03. The summed E-state index contributed by atoms with van der Waals surface area (Å²) in [5.41, 5.74) is 4.22. The van der Waals surface area contributed by atoms with Gasteiger partial charge in [-0.2, -0.15) is 5.10 Å². The maximum Gasteiger partial charge on any atom is 0.271 e. The topological polar surface area (TPSA) is 76.8 Å². The third-order valence-corrected chi connectivity index (χ3v) is 2.69. The fourth-order valence-corrected chi connectivity index (χ4v) is 1.81. The number of nitro benzene ring substituents is 1. The molecule has 0 saturated carbocycles. The monoisotopic (exact) mass is 299 g/mol. The van der Waals surface area contributed by atoms with E-state index >= 15 is 0 Å². The van der Waals surface area contributed by atoms with Crippen LogP contribution in [0.2, 0.25) is 0 Å². The zero-order valence-electron chi connectivity index (χ0n) is 12.4. The lowest BCUT2D eigenvalue weighted by Gasteiger charge is -2.09. The van der Waals surface area contributed by atoms with Crippen molar-refractivity contribution >= 4 is 17.6 Å². The van der Waals surface area contributed by atoms with E-state index in [-0.39, 0.29) is 11.8 Å². The van der Waals surface area contributed by atoms with Crippen LogP contribution in [-0.2, 0) is 0 Å². The summed E-state index contributed by atoms with van der Waals surface area (Å²) in [6, 6.07) is 13.7. The van der Waals surface area contributed by atoms with Crippen LogP contribution in [0.1, 0.15) is 19.4 Å². The number of benzene rings is 2. The van der Waals surface area contributed by atoms with Gasteiger partial charge in [-0.05, 0) is 37.6 Å². The number of hydrazone groups is 1. The molecule has 0 amide bonds. The Morgan fingerprint density at radius 2 is 2.00 bits per heavy atom. The standard InChI is InChI=1S/C16H17N3O3/c1-12(2)22-16-8-3-5-13(9-16)11-17-18-14-6-4-7-15(10-14)19(20)21/h3-12,18H,1-2H3. The Hall–Kier alpha value is -2.89. The summed E-state index contributed by atoms with van der Waals surface area (Å²) in [6.07, 6.45) is 1.74. The Bertz CT molecular complexity index is 684. The van der Waals surface area contributed by atoms with Crippen molar-refractivity contribution in [3.63, 3.8) is 0 Å². The number of rotatable bonds is 6. The van der Waals surface area contributed by atoms with Gasteiger partial charge in [-0.25, -0.2) is 0 Å². The zero-order valence-corrected chi connectivity index (χ0v) is 12.4. The summed E-state index contributed by atoms with van der Waals surface area (Å²) in [5.74, 6) is 0.772. The first-order chi connectivity index (χ1) is 10.5. The van der Waals surface area contributed by atoms with E-state index in [1.165, 1.54) is 12.1 Å². The largest absolute Gasteiger partial charge is 0.491 e. The van der Waals surface area contributed by atoms with E-state index in [4.69, 9.17) is 4.74 Å². The van der Waals surface area contributed by atoms with Gasteiger partial charge in [-0.1, -0.05) is 18.2 Å². The summed E-state index contributed by atoms with van der Waals surface area (Å²) >= 11 is 0. The predicted molar refractivity (Wildman–Crippen MR) is 86.5 cm³/mol. The number of ether oxygens (including phenoxy) is 1. The van der Waals surface area contributed by atoms with Gasteiger partial charge in [0.25, 0.3) is 5.69 Å². The van der Waals surface area contributed by atoms with Gasteiger partial charge in [0.2, 0.25) is 0 Å². The minimum Gasteiger partial charge on any atom is -0.491 e. The molecule has 2 rings (SSSR count). The Labute approximate surface area is 128 Å². The van der Waals surface area contributed by atoms with E-state index in [9.17, 15) is 10.1 Å². The van der Waals surface area contributed by atoms with Gasteiger partial charge >= 0.3 is 0 Å². The number of non-ortho nitro benzene ring substituents is 1. The predicted octanol–water partition coefficient (Wildman–Crippen LogP) is 3.83. The molecule has 0 aliphatic heterocycles. The van der Waals surface area contributed by atoms with Crippen LogP contribution >= 0.6 is 0 Å². The van der Waals surface area contributed by atoms with Gasteiger partial charge in [0.05, 0.1) is 22.9 Å². The van der Waals surface area contributed by atoms with Crippen molar-refractivity contribution in [2.24, 2.45) is 5.10 Å². The van der Waals surface area contributed by atoms with E-state index in [2.05, 4.69) is 10.5 Å². The van der Waals surface area contributed by atoms with Crippen molar-refractivity contribution in [2.75, 3.05) is 5.43 Å². The van der Waals surface area contributed by atoms with Crippen LogP contribution in [0.4, 0.5) is 11.4 Å². The first kappa shape index (κ1) is 15.5. The van der Waals surface area contributed by atoms with Crippen molar-refractivity contribution in [1.29, 1.82) is 0 Å². The molecule has 2 aromatic carbocycles. The second-order valence-electron chi connectivity index (χ2n) is 4.92. The summed E-state index contributed by atoms with van der Waals surface area (Å²) < 4.78 is 5.60. The molecule has 6 heteroatoms. The van der Waals surface area contributed by atoms with Gasteiger partial charge in [0.1, 0.15) is 5.75 Å². The van der Waals surface area contributed by atoms with Crippen LogP contribution in [0.3, 0.4) is 0 Å². The van der Waals surface area contributed by atoms with Crippen molar-refractivity contribution in [1.82, 2.24) is 0 Å². The van der Waals surface area contributed by atoms with E-state index in [1.807, 2.05) is 38.1 Å². The minimum atomic E-state index is -0.443. The molecule has 0 spiro atoms. The molecule has 22 heavy (non-hydrogen) atoms. The van der Waals surface area contributed by atoms with Crippen LogP contribution in [0.5, 0.6) is 5.75 Å². The highest BCUT2D eigenvalue weighted by molar-refractivity contribution is 5.80. The molecule has 0 radical (unpaired) electrons. The van der Waals surface area contributed by atoms with Gasteiger partial charge in [-0.3, -0.25) is 15.5 Å². The molecule has 0 bridgehead atoms. The molecule has 0 aliphatic rings. The molecule has 0 aliphatic carbocycles. The Kier molecular flexibility index (Phi) is 5.08. The van der Waals surface area contributed by atoms with Crippen LogP contribution in [0, 0.1) is 10.1 Å². The highest BCUT2D eigenvalue weighted by atomic mass is 16.6. The van der Waals surface area contributed by atoms with E-state index in [1.54, 1.807) is 18.3 Å². The third-order valence-electron chi connectivity index (χ3n) is 2.69. The second kappa shape index (κ2) is 7.21. The van der Waals surface area contributed by atoms with Gasteiger partial charge in [0, 0.05) is 12.1 Å². The Morgan fingerprint density at radius 3 is 2.73 bits per heavy atom. The second-order valence-corrected chi connectivity index (χ2v) is 4.92. The molecule has 2 aromatic rings. The summed E-state index contributed by atoms with van der Waals surface area (Å²) in [6.45, 7) is 3.93. The normalized spacial score (nSPS) is 10.9. The molecule has 1 N–H and O–H groups in total. The molecule has 0 fully saturated rings. The molecule has 114 valence electrons. The van der Waals surface area contributed by atoms with Crippen molar-refractivity contribution in [2.45, 2.75) is 20.0 Å². The zero-order chi connectivity index (χ0) is 15.9. The summed E-state index contributed by atoms with van der Waals surface area (Å²) in [4.78, 5) is 10.3. The van der Waals surface area contributed by atoms with Crippen LogP contribution < -0.4 is 10.2 Å². The number of hydrogen-bond donors (Lipinski definition) is 1. The lowest BCUT2D eigenvalue weighted by atomic mass is 10.2. The van der Waals surface area contributed by atoms with Crippen LogP contribution in [0.25, 0.3) is 0 Å². The molecule has 0 aromatic heterocycles. The average molecular weight is 299 g/mol. The van der Waals surface area contributed by atoms with Gasteiger partial charge < -0.3 is 4.74 Å². The number of hydrogen-bond acceptors (Lipinski definition) is 5. The molecule has 0 heterocycles. The van der Waals surface area contributed by atoms with Gasteiger partial charge in [-0.15, -0.1) is 0 Å². The first-order valence-electron chi connectivity index (χ1n) is 6.85. The molecule has 6 nitrogen and oxygen atoms in total. The van der Waals surface area contributed by atoms with E-state index in [0.717, 1.165) is 11.3 Å². The summed E-state index contributed by atoms with van der Waals surface area (Å²) in [7, 11) is 0. The third kappa shape index (κ3) is 4.59. The lowest BCUT2D eigenvalue weighted by molar-refractivity contribution is -0.384. The fourth-order valence-electron chi connectivity index (χ4n) is 1.81. The maximum atomic E-state index is 10.7. The molecule has 0 unspecified atom stereocenters. The van der Waals surface area contributed by atoms with Gasteiger partial charge in [0.15, 0.2) is 0 Å².